The zero-order valence-corrected chi connectivity index (χ0v) is 16.8. The number of thiophene rings is 1. The van der Waals surface area contributed by atoms with Gasteiger partial charge in [0.05, 0.1) is 13.2 Å². The number of para-hydroxylation sites is 1. The van der Waals surface area contributed by atoms with Crippen LogP contribution in [0.2, 0.25) is 0 Å². The third-order valence-corrected chi connectivity index (χ3v) is 5.77. The van der Waals surface area contributed by atoms with Gasteiger partial charge in [0.15, 0.2) is 11.6 Å². The van der Waals surface area contributed by atoms with E-state index >= 15 is 0 Å². The van der Waals surface area contributed by atoms with Gasteiger partial charge in [-0.15, -0.1) is 11.3 Å². The molecule has 2 aromatic carbocycles. The first-order valence-electron chi connectivity index (χ1n) is 9.15. The predicted octanol–water partition coefficient (Wildman–Crippen LogP) is 6.74. The molecule has 27 heavy (non-hydrogen) atoms. The minimum atomic E-state index is -0.381. The Hall–Kier alpha value is -2.17. The van der Waals surface area contributed by atoms with Crippen molar-refractivity contribution in [2.45, 2.75) is 39.2 Å². The summed E-state index contributed by atoms with van der Waals surface area (Å²) >= 11 is 1.78. The molecule has 0 saturated heterocycles. The smallest absolute Gasteiger partial charge is 0.165 e. The van der Waals surface area contributed by atoms with Crippen LogP contribution in [0.1, 0.15) is 36.8 Å². The number of benzene rings is 2. The average molecular weight is 385 g/mol. The van der Waals surface area contributed by atoms with Crippen LogP contribution in [0.15, 0.2) is 60.0 Å². The van der Waals surface area contributed by atoms with E-state index in [-0.39, 0.29) is 17.0 Å². The molecule has 0 saturated carbocycles. The quantitative estimate of drug-likeness (QED) is 0.428. The Morgan fingerprint density at radius 1 is 1.00 bits per heavy atom. The Labute approximate surface area is 164 Å². The minimum absolute atomic E-state index is 0.0541. The summed E-state index contributed by atoms with van der Waals surface area (Å²) in [7, 11) is 0. The van der Waals surface area contributed by atoms with Crippen LogP contribution in [0.4, 0.5) is 4.39 Å². The maximum Gasteiger partial charge on any atom is 0.165 e. The van der Waals surface area contributed by atoms with Crippen molar-refractivity contribution in [3.05, 3.63) is 81.8 Å². The van der Waals surface area contributed by atoms with Crippen LogP contribution in [0.5, 0.6) is 11.5 Å². The van der Waals surface area contributed by atoms with Crippen molar-refractivity contribution < 1.29 is 13.9 Å². The molecule has 1 heterocycles. The molecule has 0 aliphatic rings. The van der Waals surface area contributed by atoms with E-state index in [2.05, 4.69) is 32.2 Å². The second-order valence-electron chi connectivity index (χ2n) is 7.23. The molecule has 0 radical (unpaired) electrons. The van der Waals surface area contributed by atoms with Crippen LogP contribution in [0.3, 0.4) is 0 Å². The second kappa shape index (κ2) is 8.68. The predicted molar refractivity (Wildman–Crippen MR) is 109 cm³/mol. The van der Waals surface area contributed by atoms with Crippen molar-refractivity contribution >= 4 is 11.3 Å². The van der Waals surface area contributed by atoms with Crippen molar-refractivity contribution in [1.29, 1.82) is 0 Å². The molecule has 0 unspecified atom stereocenters. The number of halogens is 1. The van der Waals surface area contributed by atoms with Gasteiger partial charge in [-0.1, -0.05) is 45.0 Å². The van der Waals surface area contributed by atoms with E-state index in [1.54, 1.807) is 35.6 Å². The summed E-state index contributed by atoms with van der Waals surface area (Å²) in [6, 6.07) is 16.3. The molecule has 0 aliphatic heterocycles. The summed E-state index contributed by atoms with van der Waals surface area (Å²) in [5, 5.41) is 2.21. The Morgan fingerprint density at radius 2 is 1.78 bits per heavy atom. The molecule has 0 atom stereocenters. The molecule has 0 N–H and O–H groups in total. The maximum absolute atomic E-state index is 14.1. The van der Waals surface area contributed by atoms with E-state index in [0.29, 0.717) is 19.0 Å². The van der Waals surface area contributed by atoms with E-state index in [9.17, 15) is 4.39 Å². The fourth-order valence-corrected chi connectivity index (χ4v) is 3.85. The molecule has 4 heteroatoms. The molecule has 3 rings (SSSR count). The molecular weight excluding hydrogens is 359 g/mol. The number of hydrogen-bond acceptors (Lipinski definition) is 3. The zero-order chi connectivity index (χ0) is 19.3. The molecule has 142 valence electrons. The van der Waals surface area contributed by atoms with E-state index in [0.717, 1.165) is 12.0 Å². The normalized spacial score (nSPS) is 11.6. The summed E-state index contributed by atoms with van der Waals surface area (Å²) in [5.41, 5.74) is 2.20. The SMILES string of the molecule is CCc1csc(C(C)(C)COCc2ccc(F)c(Oc3ccccc3)c2)c1. The lowest BCUT2D eigenvalue weighted by Crippen LogP contribution is -2.23. The van der Waals surface area contributed by atoms with E-state index in [1.807, 2.05) is 18.2 Å². The van der Waals surface area contributed by atoms with Crippen LogP contribution < -0.4 is 4.74 Å². The van der Waals surface area contributed by atoms with Crippen molar-refractivity contribution in [3.63, 3.8) is 0 Å². The van der Waals surface area contributed by atoms with E-state index < -0.39 is 0 Å². The summed E-state index contributed by atoms with van der Waals surface area (Å²) in [6.07, 6.45) is 1.05. The van der Waals surface area contributed by atoms with Crippen LogP contribution in [-0.2, 0) is 23.2 Å². The lowest BCUT2D eigenvalue weighted by Gasteiger charge is -2.23. The van der Waals surface area contributed by atoms with Gasteiger partial charge in [-0.05, 0) is 53.3 Å². The van der Waals surface area contributed by atoms with Gasteiger partial charge in [-0.3, -0.25) is 0 Å². The third kappa shape index (κ3) is 5.18. The average Bonchev–Trinajstić information content (AvgIpc) is 3.15. The maximum atomic E-state index is 14.1. The van der Waals surface area contributed by atoms with Crippen molar-refractivity contribution in [3.8, 4) is 11.5 Å². The number of hydrogen-bond donors (Lipinski definition) is 0. The Balaban J connectivity index is 1.61. The van der Waals surface area contributed by atoms with Gasteiger partial charge >= 0.3 is 0 Å². The molecule has 0 fully saturated rings. The van der Waals surface area contributed by atoms with Crippen LogP contribution >= 0.6 is 11.3 Å². The standard InChI is InChI=1S/C23H25FO2S/c1-4-17-13-22(27-15-17)23(2,3)16-25-14-18-10-11-20(24)21(12-18)26-19-8-6-5-7-9-19/h5-13,15H,4,14,16H2,1-3H3. The lowest BCUT2D eigenvalue weighted by molar-refractivity contribution is 0.0834. The van der Waals surface area contributed by atoms with Crippen LogP contribution in [0.25, 0.3) is 0 Å². The first-order chi connectivity index (χ1) is 13.0. The van der Waals surface area contributed by atoms with Gasteiger partial charge in [0, 0.05) is 10.3 Å². The highest BCUT2D eigenvalue weighted by atomic mass is 32.1. The third-order valence-electron chi connectivity index (χ3n) is 4.43. The van der Waals surface area contributed by atoms with Crippen LogP contribution in [-0.4, -0.2) is 6.61 Å². The van der Waals surface area contributed by atoms with Crippen molar-refractivity contribution in [2.75, 3.05) is 6.61 Å². The molecule has 0 bridgehead atoms. The van der Waals surface area contributed by atoms with Gasteiger partial charge in [0.25, 0.3) is 0 Å². The summed E-state index contributed by atoms with van der Waals surface area (Å²) < 4.78 is 25.7. The summed E-state index contributed by atoms with van der Waals surface area (Å²) in [4.78, 5) is 1.33. The Bertz CT molecular complexity index is 871. The molecule has 2 nitrogen and oxygen atoms in total. The molecule has 1 aromatic heterocycles. The van der Waals surface area contributed by atoms with Gasteiger partial charge < -0.3 is 9.47 Å². The van der Waals surface area contributed by atoms with Gasteiger partial charge in [0.1, 0.15) is 5.75 Å². The number of rotatable bonds is 8. The van der Waals surface area contributed by atoms with Crippen molar-refractivity contribution in [2.24, 2.45) is 0 Å². The Kier molecular flexibility index (Phi) is 6.30. The minimum Gasteiger partial charge on any atom is -0.454 e. The molecular formula is C23H25FO2S. The van der Waals surface area contributed by atoms with Gasteiger partial charge in [-0.25, -0.2) is 4.39 Å². The zero-order valence-electron chi connectivity index (χ0n) is 16.0. The summed E-state index contributed by atoms with van der Waals surface area (Å²) in [5.74, 6) is 0.445. The summed E-state index contributed by atoms with van der Waals surface area (Å²) in [6.45, 7) is 7.56. The topological polar surface area (TPSA) is 18.5 Å². The fourth-order valence-electron chi connectivity index (χ4n) is 2.74. The molecule has 0 spiro atoms. The van der Waals surface area contributed by atoms with E-state index in [4.69, 9.17) is 9.47 Å². The van der Waals surface area contributed by atoms with Crippen molar-refractivity contribution in [1.82, 2.24) is 0 Å². The first-order valence-corrected chi connectivity index (χ1v) is 10.0. The largest absolute Gasteiger partial charge is 0.454 e. The highest BCUT2D eigenvalue weighted by Gasteiger charge is 2.23. The van der Waals surface area contributed by atoms with E-state index in [1.165, 1.54) is 16.5 Å². The monoisotopic (exact) mass is 384 g/mol. The highest BCUT2D eigenvalue weighted by molar-refractivity contribution is 7.10. The first kappa shape index (κ1) is 19.6. The highest BCUT2D eigenvalue weighted by Crippen LogP contribution is 2.31. The number of ether oxygens (including phenoxy) is 2. The molecule has 0 aliphatic carbocycles. The Morgan fingerprint density at radius 3 is 2.48 bits per heavy atom. The fraction of sp³-hybridized carbons (Fsp3) is 0.304. The van der Waals surface area contributed by atoms with Gasteiger partial charge in [-0.2, -0.15) is 0 Å². The lowest BCUT2D eigenvalue weighted by atomic mass is 9.92. The molecule has 0 amide bonds. The van der Waals surface area contributed by atoms with Crippen LogP contribution in [0, 0.1) is 5.82 Å². The molecule has 3 aromatic rings. The number of aryl methyl sites for hydroxylation is 1. The second-order valence-corrected chi connectivity index (χ2v) is 8.14. The van der Waals surface area contributed by atoms with Gasteiger partial charge in [0.2, 0.25) is 0 Å².